The Labute approximate surface area is 121 Å². The van der Waals surface area contributed by atoms with E-state index in [1.807, 2.05) is 11.8 Å². The van der Waals surface area contributed by atoms with E-state index in [4.69, 9.17) is 5.73 Å². The minimum absolute atomic E-state index is 0.243. The van der Waals surface area contributed by atoms with Crippen molar-refractivity contribution in [1.82, 2.24) is 4.90 Å². The van der Waals surface area contributed by atoms with Gasteiger partial charge in [-0.15, -0.1) is 0 Å². The summed E-state index contributed by atoms with van der Waals surface area (Å²) < 4.78 is 1.28. The third kappa shape index (κ3) is 3.84. The van der Waals surface area contributed by atoms with Crippen LogP contribution < -0.4 is 5.73 Å². The van der Waals surface area contributed by atoms with Crippen LogP contribution in [0.15, 0.2) is 24.3 Å². The molecule has 0 aromatic heterocycles. The van der Waals surface area contributed by atoms with Crippen LogP contribution in [0.4, 0.5) is 0 Å². The van der Waals surface area contributed by atoms with Crippen molar-refractivity contribution in [3.8, 4) is 0 Å². The topological polar surface area (TPSA) is 29.3 Å². The smallest absolute Gasteiger partial charge is 0.0338 e. The highest BCUT2D eigenvalue weighted by molar-refractivity contribution is 14.1. The minimum atomic E-state index is 0.243. The zero-order chi connectivity index (χ0) is 12.3. The Balaban J connectivity index is 1.95. The van der Waals surface area contributed by atoms with Gasteiger partial charge in [0.25, 0.3) is 0 Å². The van der Waals surface area contributed by atoms with E-state index in [1.165, 1.54) is 20.6 Å². The quantitative estimate of drug-likeness (QED) is 0.837. The Morgan fingerprint density at radius 3 is 2.82 bits per heavy atom. The number of benzene rings is 1. The molecule has 0 aliphatic carbocycles. The summed E-state index contributed by atoms with van der Waals surface area (Å²) in [5.41, 5.74) is 7.70. The van der Waals surface area contributed by atoms with Gasteiger partial charge < -0.3 is 10.6 Å². The fourth-order valence-electron chi connectivity index (χ4n) is 2.18. The predicted molar refractivity (Wildman–Crippen MR) is 84.6 cm³/mol. The molecule has 2 unspecified atom stereocenters. The fourth-order valence-corrected chi connectivity index (χ4v) is 3.87. The van der Waals surface area contributed by atoms with Crippen LogP contribution in [0.3, 0.4) is 0 Å². The first-order valence-corrected chi connectivity index (χ1v) is 8.18. The lowest BCUT2D eigenvalue weighted by Crippen LogP contribution is -2.51. The van der Waals surface area contributed by atoms with E-state index in [1.54, 1.807) is 0 Å². The third-order valence-electron chi connectivity index (χ3n) is 3.32. The van der Waals surface area contributed by atoms with Crippen LogP contribution in [0.1, 0.15) is 5.56 Å². The van der Waals surface area contributed by atoms with Crippen LogP contribution in [-0.4, -0.2) is 42.1 Å². The maximum atomic E-state index is 6.35. The van der Waals surface area contributed by atoms with Crippen molar-refractivity contribution in [3.63, 3.8) is 0 Å². The van der Waals surface area contributed by atoms with Crippen molar-refractivity contribution in [2.45, 2.75) is 18.5 Å². The molecule has 1 aliphatic rings. The first-order chi connectivity index (χ1) is 8.16. The molecular formula is C13H19IN2S. The molecule has 2 atom stereocenters. The summed E-state index contributed by atoms with van der Waals surface area (Å²) in [6, 6.07) is 9.46. The van der Waals surface area contributed by atoms with Crippen molar-refractivity contribution in [2.75, 3.05) is 25.1 Å². The summed E-state index contributed by atoms with van der Waals surface area (Å²) in [6.07, 6.45) is 0.979. The van der Waals surface area contributed by atoms with Crippen molar-refractivity contribution >= 4 is 34.4 Å². The Morgan fingerprint density at radius 2 is 2.18 bits per heavy atom. The van der Waals surface area contributed by atoms with Gasteiger partial charge in [0.2, 0.25) is 0 Å². The highest BCUT2D eigenvalue weighted by Gasteiger charge is 2.25. The lowest BCUT2D eigenvalue weighted by Gasteiger charge is -2.36. The number of halogens is 1. The van der Waals surface area contributed by atoms with Crippen molar-refractivity contribution in [3.05, 3.63) is 33.4 Å². The molecule has 17 heavy (non-hydrogen) atoms. The van der Waals surface area contributed by atoms with E-state index in [9.17, 15) is 0 Å². The van der Waals surface area contributed by atoms with E-state index < -0.39 is 0 Å². The van der Waals surface area contributed by atoms with Crippen molar-refractivity contribution < 1.29 is 0 Å². The number of nitrogens with zero attached hydrogens (tertiary/aromatic N) is 1. The second-order valence-electron chi connectivity index (χ2n) is 4.62. The highest BCUT2D eigenvalue weighted by Crippen LogP contribution is 2.19. The van der Waals surface area contributed by atoms with Crippen LogP contribution in [0, 0.1) is 3.57 Å². The Bertz CT molecular complexity index is 355. The molecule has 2 nitrogen and oxygen atoms in total. The van der Waals surface area contributed by atoms with Crippen LogP contribution in [-0.2, 0) is 6.42 Å². The lowest BCUT2D eigenvalue weighted by atomic mass is 10.0. The second-order valence-corrected chi connectivity index (χ2v) is 7.01. The van der Waals surface area contributed by atoms with Crippen LogP contribution in [0.25, 0.3) is 0 Å². The first-order valence-electron chi connectivity index (χ1n) is 5.95. The largest absolute Gasteiger partial charge is 0.326 e. The number of thioether (sulfide) groups is 1. The van der Waals surface area contributed by atoms with E-state index in [-0.39, 0.29) is 6.04 Å². The molecule has 0 spiro atoms. The van der Waals surface area contributed by atoms with Gasteiger partial charge in [-0.1, -0.05) is 12.1 Å². The van der Waals surface area contributed by atoms with Crippen LogP contribution >= 0.6 is 34.4 Å². The second kappa shape index (κ2) is 6.41. The van der Waals surface area contributed by atoms with Gasteiger partial charge in [-0.2, -0.15) is 11.8 Å². The molecule has 1 saturated heterocycles. The normalized spacial score (nSPS) is 23.6. The number of hydrogen-bond acceptors (Lipinski definition) is 3. The van der Waals surface area contributed by atoms with Crippen molar-refractivity contribution in [2.24, 2.45) is 5.73 Å². The van der Waals surface area contributed by atoms with Gasteiger partial charge in [-0.3, -0.25) is 0 Å². The monoisotopic (exact) mass is 362 g/mol. The number of rotatable bonds is 3. The SMILES string of the molecule is CN1CCSCC1C(N)Cc1ccc(I)cc1. The van der Waals surface area contributed by atoms with Gasteiger partial charge in [-0.25, -0.2) is 0 Å². The fraction of sp³-hybridized carbons (Fsp3) is 0.538. The maximum absolute atomic E-state index is 6.35. The Morgan fingerprint density at radius 1 is 1.47 bits per heavy atom. The molecule has 1 fully saturated rings. The zero-order valence-electron chi connectivity index (χ0n) is 10.1. The van der Waals surface area contributed by atoms with Crippen LogP contribution in [0.2, 0.25) is 0 Å². The number of likely N-dealkylation sites (N-methyl/N-ethyl adjacent to an activating group) is 1. The third-order valence-corrected chi connectivity index (χ3v) is 5.09. The zero-order valence-corrected chi connectivity index (χ0v) is 13.1. The Hall–Kier alpha value is 0.220. The minimum Gasteiger partial charge on any atom is -0.326 e. The van der Waals surface area contributed by atoms with Gasteiger partial charge in [0, 0.05) is 33.7 Å². The van der Waals surface area contributed by atoms with Gasteiger partial charge in [0.1, 0.15) is 0 Å². The summed E-state index contributed by atoms with van der Waals surface area (Å²) >= 11 is 4.36. The molecule has 4 heteroatoms. The maximum Gasteiger partial charge on any atom is 0.0338 e. The van der Waals surface area contributed by atoms with E-state index in [0.29, 0.717) is 6.04 Å². The van der Waals surface area contributed by atoms with Gasteiger partial charge in [0.05, 0.1) is 0 Å². The predicted octanol–water partition coefficient (Wildman–Crippen LogP) is 2.21. The standard InChI is InChI=1S/C13H19IN2S/c1-16-6-7-17-9-13(16)12(15)8-10-2-4-11(14)5-3-10/h2-5,12-13H,6-9,15H2,1H3. The molecule has 94 valence electrons. The summed E-state index contributed by atoms with van der Waals surface area (Å²) in [6.45, 7) is 1.16. The summed E-state index contributed by atoms with van der Waals surface area (Å²) in [4.78, 5) is 2.41. The summed E-state index contributed by atoms with van der Waals surface area (Å²) in [5.74, 6) is 2.41. The first kappa shape index (κ1) is 13.6. The molecular weight excluding hydrogens is 343 g/mol. The van der Waals surface area contributed by atoms with Gasteiger partial charge >= 0.3 is 0 Å². The molecule has 2 N–H and O–H groups in total. The van der Waals surface area contributed by atoms with Gasteiger partial charge in [-0.05, 0) is 53.8 Å². The number of hydrogen-bond donors (Lipinski definition) is 1. The molecule has 0 amide bonds. The lowest BCUT2D eigenvalue weighted by molar-refractivity contribution is 0.235. The van der Waals surface area contributed by atoms with Gasteiger partial charge in [0.15, 0.2) is 0 Å². The number of nitrogens with two attached hydrogens (primary N) is 1. The Kier molecular flexibility index (Phi) is 5.14. The van der Waals surface area contributed by atoms with E-state index in [0.717, 1.165) is 13.0 Å². The molecule has 0 saturated carbocycles. The molecule has 1 heterocycles. The highest BCUT2D eigenvalue weighted by atomic mass is 127. The van der Waals surface area contributed by atoms with Crippen LogP contribution in [0.5, 0.6) is 0 Å². The average molecular weight is 362 g/mol. The molecule has 1 aliphatic heterocycles. The summed E-state index contributed by atoms with van der Waals surface area (Å²) in [5, 5.41) is 0. The average Bonchev–Trinajstić information content (AvgIpc) is 2.32. The van der Waals surface area contributed by atoms with E-state index in [2.05, 4.69) is 58.8 Å². The molecule has 1 aromatic carbocycles. The molecule has 0 bridgehead atoms. The molecule has 1 aromatic rings. The van der Waals surface area contributed by atoms with E-state index >= 15 is 0 Å². The summed E-state index contributed by atoms with van der Waals surface area (Å²) in [7, 11) is 2.19. The molecule has 0 radical (unpaired) electrons. The van der Waals surface area contributed by atoms with Crippen molar-refractivity contribution in [1.29, 1.82) is 0 Å². The molecule has 2 rings (SSSR count).